The Balaban J connectivity index is 0.890. The van der Waals surface area contributed by atoms with Gasteiger partial charge in [-0.2, -0.15) is 0 Å². The first kappa shape index (κ1) is 45.8. The molecular weight excluding hydrogens is 1020 g/mol. The van der Waals surface area contributed by atoms with Crippen LogP contribution in [0.4, 0.5) is 34.1 Å². The molecule has 83 heavy (non-hydrogen) atoms. The van der Waals surface area contributed by atoms with Crippen LogP contribution >= 0.6 is 11.3 Å². The molecule has 0 unspecified atom stereocenters. The van der Waals surface area contributed by atoms with E-state index in [9.17, 15) is 0 Å². The summed E-state index contributed by atoms with van der Waals surface area (Å²) in [5.74, 6) is 0. The van der Waals surface area contributed by atoms with Crippen molar-refractivity contribution < 1.29 is 0 Å². The molecule has 386 valence electrons. The molecule has 0 spiro atoms. The molecule has 0 saturated carbocycles. The van der Waals surface area contributed by atoms with Gasteiger partial charge in [-0.25, -0.2) is 0 Å². The van der Waals surface area contributed by atoms with Gasteiger partial charge in [-0.05, 0) is 188 Å². The molecule has 5 heteroatoms. The van der Waals surface area contributed by atoms with Crippen LogP contribution in [0.15, 0.2) is 249 Å². The van der Waals surface area contributed by atoms with Gasteiger partial charge in [0.25, 0.3) is 6.71 Å². The zero-order chi connectivity index (χ0) is 54.6. The van der Waals surface area contributed by atoms with Crippen molar-refractivity contribution in [3.05, 3.63) is 254 Å². The molecular formula is C78H50BN3S. The van der Waals surface area contributed by atoms with Crippen LogP contribution in [0.5, 0.6) is 0 Å². The predicted molar refractivity (Wildman–Crippen MR) is 357 cm³/mol. The Kier molecular flexibility index (Phi) is 9.03. The second-order valence-electron chi connectivity index (χ2n) is 24.4. The van der Waals surface area contributed by atoms with E-state index in [1.54, 1.807) is 0 Å². The summed E-state index contributed by atoms with van der Waals surface area (Å²) in [5.41, 5.74) is 22.2. The van der Waals surface area contributed by atoms with E-state index in [0.717, 1.165) is 11.4 Å². The quantitative estimate of drug-likeness (QED) is 0.129. The summed E-state index contributed by atoms with van der Waals surface area (Å²) < 4.78 is 5.15. The van der Waals surface area contributed by atoms with Crippen molar-refractivity contribution in [3.63, 3.8) is 0 Å². The Bertz CT molecular complexity index is 5370. The first-order chi connectivity index (χ1) is 40.8. The van der Waals surface area contributed by atoms with E-state index >= 15 is 0 Å². The van der Waals surface area contributed by atoms with Crippen molar-refractivity contribution in [2.75, 3.05) is 9.80 Å². The highest BCUT2D eigenvalue weighted by atomic mass is 32.1. The first-order valence-corrected chi connectivity index (χ1v) is 29.9. The average Bonchev–Trinajstić information content (AvgIpc) is 3.23. The number of aromatic nitrogens is 1. The zero-order valence-corrected chi connectivity index (χ0v) is 46.8. The Hall–Kier alpha value is -9.94. The fourth-order valence-electron chi connectivity index (χ4n) is 15.2. The maximum Gasteiger partial charge on any atom is 0.264 e. The molecule has 14 aromatic carbocycles. The number of anilines is 6. The molecule has 0 fully saturated rings. The molecule has 0 radical (unpaired) electrons. The topological polar surface area (TPSA) is 11.4 Å². The van der Waals surface area contributed by atoms with Gasteiger partial charge < -0.3 is 14.4 Å². The molecule has 19 rings (SSSR count). The van der Waals surface area contributed by atoms with Crippen LogP contribution in [-0.2, 0) is 5.41 Å². The van der Waals surface area contributed by atoms with Gasteiger partial charge in [0.2, 0.25) is 0 Å². The van der Waals surface area contributed by atoms with Crippen LogP contribution in [0.1, 0.15) is 26.3 Å². The number of hydrogen-bond acceptors (Lipinski definition) is 3. The van der Waals surface area contributed by atoms with E-state index in [0.29, 0.717) is 0 Å². The summed E-state index contributed by atoms with van der Waals surface area (Å²) in [6, 6.07) is 95.0. The van der Waals surface area contributed by atoms with Crippen LogP contribution in [-0.4, -0.2) is 11.3 Å². The molecule has 0 atom stereocenters. The van der Waals surface area contributed by atoms with Crippen molar-refractivity contribution in [1.82, 2.24) is 4.57 Å². The second-order valence-corrected chi connectivity index (χ2v) is 25.5. The Morgan fingerprint density at radius 3 is 1.66 bits per heavy atom. The van der Waals surface area contributed by atoms with Gasteiger partial charge in [-0.15, -0.1) is 11.3 Å². The van der Waals surface area contributed by atoms with Crippen LogP contribution in [0, 0.1) is 0 Å². The molecule has 3 aliphatic rings. The minimum Gasteiger partial charge on any atom is -0.311 e. The van der Waals surface area contributed by atoms with Gasteiger partial charge in [0.15, 0.2) is 0 Å². The van der Waals surface area contributed by atoms with Gasteiger partial charge >= 0.3 is 0 Å². The lowest BCUT2D eigenvalue weighted by atomic mass is 9.36. The van der Waals surface area contributed by atoms with E-state index in [2.05, 4.69) is 284 Å². The van der Waals surface area contributed by atoms with E-state index in [1.165, 1.54) is 169 Å². The third-order valence-electron chi connectivity index (χ3n) is 18.9. The van der Waals surface area contributed by atoms with Gasteiger partial charge in [0, 0.05) is 59.8 Å². The summed E-state index contributed by atoms with van der Waals surface area (Å²) in [6.07, 6.45) is 0. The van der Waals surface area contributed by atoms with Crippen LogP contribution in [0.3, 0.4) is 0 Å². The average molecular weight is 1070 g/mol. The molecule has 3 nitrogen and oxygen atoms in total. The lowest BCUT2D eigenvalue weighted by Gasteiger charge is -2.44. The third kappa shape index (κ3) is 6.24. The lowest BCUT2D eigenvalue weighted by molar-refractivity contribution is 0.590. The fourth-order valence-corrected chi connectivity index (χ4v) is 16.5. The van der Waals surface area contributed by atoms with Crippen molar-refractivity contribution in [2.24, 2.45) is 0 Å². The maximum absolute atomic E-state index is 2.66. The van der Waals surface area contributed by atoms with Crippen molar-refractivity contribution in [1.29, 1.82) is 0 Å². The second kappa shape index (κ2) is 16.4. The zero-order valence-electron chi connectivity index (χ0n) is 46.0. The van der Waals surface area contributed by atoms with Crippen molar-refractivity contribution in [2.45, 2.75) is 26.2 Å². The summed E-state index contributed by atoms with van der Waals surface area (Å²) in [5, 5.41) is 16.7. The van der Waals surface area contributed by atoms with Gasteiger partial charge in [-0.3, -0.25) is 0 Å². The highest BCUT2D eigenvalue weighted by molar-refractivity contribution is 7.33. The predicted octanol–water partition coefficient (Wildman–Crippen LogP) is 19.9. The highest BCUT2D eigenvalue weighted by Crippen LogP contribution is 2.54. The summed E-state index contributed by atoms with van der Waals surface area (Å²) in [6.45, 7) is 7.09. The van der Waals surface area contributed by atoms with Crippen LogP contribution in [0.2, 0.25) is 0 Å². The van der Waals surface area contributed by atoms with Crippen LogP contribution in [0.25, 0.3) is 125 Å². The van der Waals surface area contributed by atoms with E-state index in [4.69, 9.17) is 0 Å². The molecule has 2 aliphatic heterocycles. The van der Waals surface area contributed by atoms with Crippen molar-refractivity contribution >= 4 is 154 Å². The molecule has 0 amide bonds. The number of rotatable bonds is 4. The highest BCUT2D eigenvalue weighted by Gasteiger charge is 2.46. The lowest BCUT2D eigenvalue weighted by Crippen LogP contribution is -2.60. The summed E-state index contributed by atoms with van der Waals surface area (Å²) >= 11 is 1.96. The van der Waals surface area contributed by atoms with Crippen molar-refractivity contribution in [3.8, 4) is 39.1 Å². The number of hydrogen-bond donors (Lipinski definition) is 0. The Labute approximate surface area is 484 Å². The number of nitrogens with zero attached hydrogens (tertiary/aromatic N) is 3. The molecule has 4 heterocycles. The smallest absolute Gasteiger partial charge is 0.264 e. The SMILES string of the molecule is CC(C)(C)c1cc2c3c(c1)N(c1cc4ccc5cccc6ccc(c1)c4c56)c1c(sc4ccccc14)B3c1ccc(-n3c4ccccc4c4ccccc43)cc1N2c1cccc(-c2ccc3c4c(cccc24)-c2cc4ccccc4cc2-3)c1. The number of benzene rings is 14. The van der Waals surface area contributed by atoms with E-state index in [1.807, 2.05) is 11.3 Å². The number of thiophene rings is 1. The van der Waals surface area contributed by atoms with E-state index in [-0.39, 0.29) is 12.1 Å². The normalized spacial score (nSPS) is 13.4. The number of para-hydroxylation sites is 2. The van der Waals surface area contributed by atoms with Gasteiger partial charge in [0.1, 0.15) is 0 Å². The van der Waals surface area contributed by atoms with Crippen LogP contribution < -0.4 is 25.5 Å². The van der Waals surface area contributed by atoms with E-state index < -0.39 is 0 Å². The molecule has 1 aliphatic carbocycles. The monoisotopic (exact) mass is 1070 g/mol. The summed E-state index contributed by atoms with van der Waals surface area (Å²) in [7, 11) is 0. The maximum atomic E-state index is 2.66. The molecule has 0 saturated heterocycles. The van der Waals surface area contributed by atoms with Gasteiger partial charge in [-0.1, -0.05) is 191 Å². The Morgan fingerprint density at radius 2 is 0.940 bits per heavy atom. The Morgan fingerprint density at radius 1 is 0.361 bits per heavy atom. The molecule has 16 aromatic rings. The number of fused-ring (bicyclic) bond motifs is 13. The van der Waals surface area contributed by atoms with Gasteiger partial charge in [0.05, 0.1) is 16.7 Å². The first-order valence-electron chi connectivity index (χ1n) is 29.1. The molecule has 0 bridgehead atoms. The molecule has 2 aromatic heterocycles. The minimum absolute atomic E-state index is 0.0423. The molecule has 0 N–H and O–H groups in total. The summed E-state index contributed by atoms with van der Waals surface area (Å²) in [4.78, 5) is 5.30. The largest absolute Gasteiger partial charge is 0.311 e. The standard InChI is InChI=1S/C78H50BN3S/c1-78(2,3)52-42-69-75-70(43-52)82(55-38-50-31-29-45-17-12-18-46-30-32-51(39-55)73(50)72(45)46)76-62-23-8-11-28-71(62)83-77(76)79(75)65-36-33-54(80-66-26-9-6-21-57(66)58-22-7-10-27-67(58)80)44-68(65)81(69)53-20-13-19-49(37-53)56-34-35-61-64-41-48-16-5-4-15-47(48)40-63(64)60-25-14-24-59(56)74(60)61/h4-44H,1-3H3. The minimum atomic E-state index is -0.191. The third-order valence-corrected chi connectivity index (χ3v) is 20.1. The fraction of sp³-hybridized carbons (Fsp3) is 0.0513.